The topological polar surface area (TPSA) is 55.8 Å². The Kier molecular flexibility index (Phi) is 16.3. The second-order valence-electron chi connectivity index (χ2n) is 8.14. The van der Waals surface area contributed by atoms with Gasteiger partial charge < -0.3 is 14.6 Å². The Bertz CT molecular complexity index is 388. The minimum atomic E-state index is -0.679. The molecule has 1 N–H and O–H groups in total. The third kappa shape index (κ3) is 14.2. The highest BCUT2D eigenvalue weighted by Gasteiger charge is 2.25. The first-order chi connectivity index (χ1) is 13.7. The van der Waals surface area contributed by atoms with E-state index >= 15 is 0 Å². The van der Waals surface area contributed by atoms with Crippen LogP contribution in [0.15, 0.2) is 12.2 Å². The van der Waals surface area contributed by atoms with Crippen LogP contribution in [-0.2, 0) is 14.3 Å². The van der Waals surface area contributed by atoms with Gasteiger partial charge in [-0.2, -0.15) is 0 Å². The summed E-state index contributed by atoms with van der Waals surface area (Å²) in [6.45, 7) is 3.02. The van der Waals surface area contributed by atoms with Gasteiger partial charge in [-0.1, -0.05) is 70.4 Å². The maximum Gasteiger partial charge on any atom is 0.305 e. The van der Waals surface area contributed by atoms with E-state index in [0.717, 1.165) is 25.7 Å². The van der Waals surface area contributed by atoms with Crippen LogP contribution in [0.4, 0.5) is 0 Å². The highest BCUT2D eigenvalue weighted by molar-refractivity contribution is 5.69. The zero-order valence-electron chi connectivity index (χ0n) is 18.2. The fourth-order valence-corrected chi connectivity index (χ4v) is 3.60. The number of rotatable bonds is 18. The quantitative estimate of drug-likeness (QED) is 0.173. The summed E-state index contributed by atoms with van der Waals surface area (Å²) < 4.78 is 10.6. The number of allylic oxidation sites excluding steroid dienone is 2. The molecule has 0 amide bonds. The lowest BCUT2D eigenvalue weighted by Crippen LogP contribution is -2.31. The van der Waals surface area contributed by atoms with E-state index in [1.54, 1.807) is 0 Å². The average molecular weight is 397 g/mol. The standard InChI is InChI=1S/C24H44O4/c1-2-3-4-5-6-7-8-9-10-11-12-13-14-15-16-19-24(26)28-21-22(25)23-18-17-20-27-23/h8-9,22-23,25H,2-7,10-21H2,1H3/b9-8+. The van der Waals surface area contributed by atoms with Gasteiger partial charge in [0.1, 0.15) is 12.7 Å². The molecule has 28 heavy (non-hydrogen) atoms. The summed E-state index contributed by atoms with van der Waals surface area (Å²) in [5.41, 5.74) is 0. The summed E-state index contributed by atoms with van der Waals surface area (Å²) in [5.74, 6) is -0.197. The molecule has 0 radical (unpaired) electrons. The van der Waals surface area contributed by atoms with Crippen LogP contribution in [0.1, 0.15) is 110 Å². The zero-order chi connectivity index (χ0) is 20.3. The number of hydrogen-bond acceptors (Lipinski definition) is 4. The second kappa shape index (κ2) is 18.2. The maximum absolute atomic E-state index is 11.7. The predicted molar refractivity (Wildman–Crippen MR) is 115 cm³/mol. The van der Waals surface area contributed by atoms with Crippen molar-refractivity contribution in [2.75, 3.05) is 13.2 Å². The first-order valence-corrected chi connectivity index (χ1v) is 11.8. The molecule has 1 aliphatic heterocycles. The Morgan fingerprint density at radius 3 is 2.21 bits per heavy atom. The lowest BCUT2D eigenvalue weighted by molar-refractivity contribution is -0.149. The molecule has 0 aromatic carbocycles. The highest BCUT2D eigenvalue weighted by atomic mass is 16.6. The molecule has 1 rings (SSSR count). The Morgan fingerprint density at radius 1 is 1.00 bits per heavy atom. The van der Waals surface area contributed by atoms with Crippen molar-refractivity contribution in [3.05, 3.63) is 12.2 Å². The monoisotopic (exact) mass is 396 g/mol. The molecule has 4 nitrogen and oxygen atoms in total. The third-order valence-electron chi connectivity index (χ3n) is 5.45. The van der Waals surface area contributed by atoms with Gasteiger partial charge in [0.05, 0.1) is 6.10 Å². The SMILES string of the molecule is CCCCCCC/C=C/CCCCCCCCC(=O)OCC(O)C1CCCO1. The van der Waals surface area contributed by atoms with Crippen LogP contribution in [0.25, 0.3) is 0 Å². The van der Waals surface area contributed by atoms with Gasteiger partial charge in [-0.3, -0.25) is 4.79 Å². The molecule has 0 aliphatic carbocycles. The largest absolute Gasteiger partial charge is 0.463 e. The smallest absolute Gasteiger partial charge is 0.305 e. The normalized spacial score (nSPS) is 18.0. The van der Waals surface area contributed by atoms with Gasteiger partial charge in [-0.25, -0.2) is 0 Å². The number of aliphatic hydroxyl groups is 1. The fourth-order valence-electron chi connectivity index (χ4n) is 3.60. The molecule has 0 bridgehead atoms. The number of aliphatic hydroxyl groups excluding tert-OH is 1. The van der Waals surface area contributed by atoms with E-state index in [-0.39, 0.29) is 18.7 Å². The zero-order valence-corrected chi connectivity index (χ0v) is 18.2. The van der Waals surface area contributed by atoms with E-state index in [1.807, 2.05) is 0 Å². The van der Waals surface area contributed by atoms with Gasteiger partial charge in [0, 0.05) is 13.0 Å². The first-order valence-electron chi connectivity index (χ1n) is 11.8. The number of carbonyl (C=O) groups excluding carboxylic acids is 1. The molecular formula is C24H44O4. The van der Waals surface area contributed by atoms with E-state index < -0.39 is 6.10 Å². The maximum atomic E-state index is 11.7. The summed E-state index contributed by atoms with van der Waals surface area (Å²) in [7, 11) is 0. The molecule has 0 spiro atoms. The molecule has 4 heteroatoms. The van der Waals surface area contributed by atoms with E-state index in [2.05, 4.69) is 19.1 Å². The van der Waals surface area contributed by atoms with Crippen LogP contribution in [-0.4, -0.2) is 36.5 Å². The molecule has 1 heterocycles. The van der Waals surface area contributed by atoms with Gasteiger partial charge >= 0.3 is 5.97 Å². The molecular weight excluding hydrogens is 352 g/mol. The number of carbonyl (C=O) groups is 1. The van der Waals surface area contributed by atoms with Crippen molar-refractivity contribution < 1.29 is 19.4 Å². The van der Waals surface area contributed by atoms with Gasteiger partial charge in [0.25, 0.3) is 0 Å². The van der Waals surface area contributed by atoms with Crippen molar-refractivity contribution in [3.63, 3.8) is 0 Å². The van der Waals surface area contributed by atoms with Crippen LogP contribution in [0.5, 0.6) is 0 Å². The minimum Gasteiger partial charge on any atom is -0.463 e. The molecule has 2 unspecified atom stereocenters. The van der Waals surface area contributed by atoms with Crippen LogP contribution in [0.2, 0.25) is 0 Å². The molecule has 1 aliphatic rings. The number of hydrogen-bond donors (Lipinski definition) is 1. The Labute approximate surface area is 173 Å². The number of esters is 1. The summed E-state index contributed by atoms with van der Waals surface area (Å²) in [6.07, 6.45) is 22.3. The van der Waals surface area contributed by atoms with Gasteiger partial charge in [-0.05, 0) is 44.9 Å². The van der Waals surface area contributed by atoms with Crippen LogP contribution in [0, 0.1) is 0 Å². The Hall–Kier alpha value is -0.870. The van der Waals surface area contributed by atoms with Crippen molar-refractivity contribution in [2.45, 2.75) is 122 Å². The molecule has 2 atom stereocenters. The molecule has 1 saturated heterocycles. The molecule has 0 aromatic rings. The summed E-state index contributed by atoms with van der Waals surface area (Å²) in [6, 6.07) is 0. The van der Waals surface area contributed by atoms with Crippen LogP contribution in [0.3, 0.4) is 0 Å². The van der Waals surface area contributed by atoms with Crippen LogP contribution >= 0.6 is 0 Å². The van der Waals surface area contributed by atoms with Gasteiger partial charge in [0.2, 0.25) is 0 Å². The fraction of sp³-hybridized carbons (Fsp3) is 0.875. The number of ether oxygens (including phenoxy) is 2. The predicted octanol–water partition coefficient (Wildman–Crippen LogP) is 6.11. The minimum absolute atomic E-state index is 0.0652. The van der Waals surface area contributed by atoms with Crippen molar-refractivity contribution in [1.29, 1.82) is 0 Å². The number of unbranched alkanes of at least 4 members (excludes halogenated alkanes) is 11. The lowest BCUT2D eigenvalue weighted by Gasteiger charge is -2.17. The Morgan fingerprint density at radius 2 is 1.61 bits per heavy atom. The molecule has 0 saturated carbocycles. The van der Waals surface area contributed by atoms with Gasteiger partial charge in [0.15, 0.2) is 0 Å². The van der Waals surface area contributed by atoms with E-state index in [4.69, 9.17) is 9.47 Å². The first kappa shape index (κ1) is 25.2. The highest BCUT2D eigenvalue weighted by Crippen LogP contribution is 2.16. The van der Waals surface area contributed by atoms with Gasteiger partial charge in [-0.15, -0.1) is 0 Å². The third-order valence-corrected chi connectivity index (χ3v) is 5.45. The summed E-state index contributed by atoms with van der Waals surface area (Å²) in [5, 5.41) is 9.89. The summed E-state index contributed by atoms with van der Waals surface area (Å²) >= 11 is 0. The van der Waals surface area contributed by atoms with Crippen molar-refractivity contribution in [3.8, 4) is 0 Å². The molecule has 164 valence electrons. The van der Waals surface area contributed by atoms with E-state index in [1.165, 1.54) is 70.6 Å². The molecule has 1 fully saturated rings. The average Bonchev–Trinajstić information content (AvgIpc) is 3.24. The second-order valence-corrected chi connectivity index (χ2v) is 8.14. The van der Waals surface area contributed by atoms with Crippen LogP contribution < -0.4 is 0 Å². The van der Waals surface area contributed by atoms with Crippen molar-refractivity contribution in [2.24, 2.45) is 0 Å². The Balaban J connectivity index is 1.80. The molecule has 0 aromatic heterocycles. The van der Waals surface area contributed by atoms with Crippen molar-refractivity contribution >= 4 is 5.97 Å². The lowest BCUT2D eigenvalue weighted by atomic mass is 10.1. The van der Waals surface area contributed by atoms with E-state index in [0.29, 0.717) is 13.0 Å². The van der Waals surface area contributed by atoms with E-state index in [9.17, 15) is 9.90 Å². The summed E-state index contributed by atoms with van der Waals surface area (Å²) in [4.78, 5) is 11.7. The van der Waals surface area contributed by atoms with Crippen molar-refractivity contribution in [1.82, 2.24) is 0 Å².